The van der Waals surface area contributed by atoms with Gasteiger partial charge in [0, 0.05) is 5.88 Å². The molecule has 0 unspecified atom stereocenters. The molecule has 0 saturated heterocycles. The Kier molecular flexibility index (Phi) is 8.75. The molecule has 1 aliphatic carbocycles. The Balaban J connectivity index is 3.04. The summed E-state index contributed by atoms with van der Waals surface area (Å²) in [5, 5.41) is 0. The SMILES string of the molecule is COC(=O)C(CC=C=C1CCCCC1)(C/C=C\CCl)C(=O)OC. The van der Waals surface area contributed by atoms with Gasteiger partial charge in [-0.15, -0.1) is 17.3 Å². The molecule has 1 fully saturated rings. The van der Waals surface area contributed by atoms with Crippen LogP contribution in [0.5, 0.6) is 0 Å². The summed E-state index contributed by atoms with van der Waals surface area (Å²) in [5.74, 6) is -0.885. The zero-order chi connectivity index (χ0) is 17.1. The van der Waals surface area contributed by atoms with Crippen molar-refractivity contribution < 1.29 is 19.1 Å². The Hall–Kier alpha value is -1.51. The molecule has 128 valence electrons. The van der Waals surface area contributed by atoms with E-state index in [0.29, 0.717) is 5.88 Å². The zero-order valence-corrected chi connectivity index (χ0v) is 14.7. The maximum Gasteiger partial charge on any atom is 0.323 e. The van der Waals surface area contributed by atoms with Crippen molar-refractivity contribution in [3.63, 3.8) is 0 Å². The maximum absolute atomic E-state index is 12.3. The van der Waals surface area contributed by atoms with Crippen molar-refractivity contribution in [3.8, 4) is 0 Å². The topological polar surface area (TPSA) is 52.6 Å². The second-order valence-corrected chi connectivity index (χ2v) is 5.92. The summed E-state index contributed by atoms with van der Waals surface area (Å²) in [4.78, 5) is 24.5. The molecule has 1 rings (SSSR count). The van der Waals surface area contributed by atoms with Crippen LogP contribution in [0, 0.1) is 5.41 Å². The van der Waals surface area contributed by atoms with Crippen molar-refractivity contribution >= 4 is 23.5 Å². The van der Waals surface area contributed by atoms with Crippen LogP contribution in [-0.4, -0.2) is 32.0 Å². The minimum atomic E-state index is -1.38. The molecule has 0 heterocycles. The van der Waals surface area contributed by atoms with E-state index < -0.39 is 17.4 Å². The van der Waals surface area contributed by atoms with Crippen LogP contribution in [0.25, 0.3) is 0 Å². The predicted molar refractivity (Wildman–Crippen MR) is 90.2 cm³/mol. The van der Waals surface area contributed by atoms with E-state index >= 15 is 0 Å². The number of carbonyl (C=O) groups is 2. The molecule has 1 saturated carbocycles. The fraction of sp³-hybridized carbons (Fsp3) is 0.611. The highest BCUT2D eigenvalue weighted by molar-refractivity contribution is 6.18. The Morgan fingerprint density at radius 2 is 1.70 bits per heavy atom. The predicted octanol–water partition coefficient (Wildman–Crippen LogP) is 3.94. The lowest BCUT2D eigenvalue weighted by atomic mass is 9.80. The van der Waals surface area contributed by atoms with E-state index in [9.17, 15) is 9.59 Å². The smallest absolute Gasteiger partial charge is 0.323 e. The highest BCUT2D eigenvalue weighted by Crippen LogP contribution is 2.32. The van der Waals surface area contributed by atoms with Crippen molar-refractivity contribution in [2.45, 2.75) is 44.9 Å². The summed E-state index contributed by atoms with van der Waals surface area (Å²) in [5.41, 5.74) is 3.12. The number of carbonyl (C=O) groups excluding carboxylic acids is 2. The van der Waals surface area contributed by atoms with Gasteiger partial charge in [-0.3, -0.25) is 9.59 Å². The molecule has 0 aromatic rings. The van der Waals surface area contributed by atoms with Crippen LogP contribution in [-0.2, 0) is 19.1 Å². The van der Waals surface area contributed by atoms with E-state index in [4.69, 9.17) is 21.1 Å². The maximum atomic E-state index is 12.3. The molecular formula is C18H25ClO4. The zero-order valence-electron chi connectivity index (χ0n) is 13.9. The van der Waals surface area contributed by atoms with Crippen molar-refractivity contribution in [1.29, 1.82) is 0 Å². The Bertz CT molecular complexity index is 477. The van der Waals surface area contributed by atoms with Gasteiger partial charge in [0.15, 0.2) is 5.41 Å². The fourth-order valence-corrected chi connectivity index (χ4v) is 2.86. The summed E-state index contributed by atoms with van der Waals surface area (Å²) in [6.07, 6.45) is 11.2. The molecule has 5 heteroatoms. The second kappa shape index (κ2) is 10.3. The Morgan fingerprint density at radius 3 is 2.22 bits per heavy atom. The van der Waals surface area contributed by atoms with Crippen LogP contribution in [0.4, 0.5) is 0 Å². The number of alkyl halides is 1. The number of methoxy groups -OCH3 is 2. The van der Waals surface area contributed by atoms with Crippen LogP contribution in [0.3, 0.4) is 0 Å². The number of halogens is 1. The highest BCUT2D eigenvalue weighted by atomic mass is 35.5. The van der Waals surface area contributed by atoms with E-state index in [-0.39, 0.29) is 12.8 Å². The van der Waals surface area contributed by atoms with Crippen LogP contribution >= 0.6 is 11.6 Å². The first-order valence-electron chi connectivity index (χ1n) is 7.91. The Labute approximate surface area is 143 Å². The average Bonchev–Trinajstić information content (AvgIpc) is 2.60. The molecule has 23 heavy (non-hydrogen) atoms. The van der Waals surface area contributed by atoms with E-state index in [1.54, 1.807) is 18.2 Å². The number of ether oxygens (including phenoxy) is 2. The standard InChI is InChI=1S/C18H25ClO4/c1-22-16(20)18(17(21)23-2,12-6-7-14-19)13-8-11-15-9-4-3-5-10-15/h6-8H,3-5,9-10,12-14H2,1-2H3/b7-6-. The number of allylic oxidation sites excluding steroid dienone is 3. The van der Waals surface area contributed by atoms with Crippen molar-refractivity contribution in [2.75, 3.05) is 20.1 Å². The molecular weight excluding hydrogens is 316 g/mol. The van der Waals surface area contributed by atoms with Gasteiger partial charge in [-0.1, -0.05) is 18.6 Å². The number of rotatable bonds is 7. The van der Waals surface area contributed by atoms with E-state index in [2.05, 4.69) is 5.73 Å². The highest BCUT2D eigenvalue weighted by Gasteiger charge is 2.46. The lowest BCUT2D eigenvalue weighted by Crippen LogP contribution is -2.40. The molecule has 0 aromatic carbocycles. The summed E-state index contributed by atoms with van der Waals surface area (Å²) in [7, 11) is 2.54. The molecule has 0 bridgehead atoms. The van der Waals surface area contributed by atoms with E-state index in [1.807, 2.05) is 0 Å². The first-order chi connectivity index (χ1) is 11.1. The van der Waals surface area contributed by atoms with Crippen molar-refractivity contribution in [1.82, 2.24) is 0 Å². The monoisotopic (exact) mass is 340 g/mol. The lowest BCUT2D eigenvalue weighted by molar-refractivity contribution is -0.168. The van der Waals surface area contributed by atoms with Crippen LogP contribution in [0.15, 0.2) is 29.5 Å². The van der Waals surface area contributed by atoms with Gasteiger partial charge in [-0.2, -0.15) is 0 Å². The molecule has 0 aromatic heterocycles. The molecule has 0 aliphatic heterocycles. The minimum absolute atomic E-state index is 0.187. The second-order valence-electron chi connectivity index (χ2n) is 5.61. The molecule has 0 radical (unpaired) electrons. The number of esters is 2. The van der Waals surface area contributed by atoms with Crippen LogP contribution < -0.4 is 0 Å². The van der Waals surface area contributed by atoms with Gasteiger partial charge in [0.2, 0.25) is 0 Å². The third-order valence-electron chi connectivity index (χ3n) is 4.09. The number of hydrogen-bond donors (Lipinski definition) is 0. The normalized spacial score (nSPS) is 15.2. The Morgan fingerprint density at radius 1 is 1.09 bits per heavy atom. The van der Waals surface area contributed by atoms with Gasteiger partial charge in [0.1, 0.15) is 0 Å². The lowest BCUT2D eigenvalue weighted by Gasteiger charge is -2.25. The molecule has 0 atom stereocenters. The molecule has 0 amide bonds. The van der Waals surface area contributed by atoms with Gasteiger partial charge >= 0.3 is 11.9 Å². The first kappa shape index (κ1) is 19.5. The molecule has 4 nitrogen and oxygen atoms in total. The number of hydrogen-bond acceptors (Lipinski definition) is 4. The van der Waals surface area contributed by atoms with Crippen molar-refractivity contribution in [3.05, 3.63) is 29.5 Å². The van der Waals surface area contributed by atoms with Gasteiger partial charge in [0.05, 0.1) is 14.2 Å². The molecule has 0 spiro atoms. The third kappa shape index (κ3) is 5.56. The third-order valence-corrected chi connectivity index (χ3v) is 4.27. The largest absolute Gasteiger partial charge is 0.468 e. The van der Waals surface area contributed by atoms with E-state index in [0.717, 1.165) is 12.8 Å². The van der Waals surface area contributed by atoms with E-state index in [1.165, 1.54) is 39.1 Å². The van der Waals surface area contributed by atoms with Gasteiger partial charge in [0.25, 0.3) is 0 Å². The summed E-state index contributed by atoms with van der Waals surface area (Å²) in [6.45, 7) is 0. The average molecular weight is 341 g/mol. The summed E-state index contributed by atoms with van der Waals surface area (Å²) < 4.78 is 9.70. The minimum Gasteiger partial charge on any atom is -0.468 e. The van der Waals surface area contributed by atoms with Gasteiger partial charge < -0.3 is 9.47 Å². The molecule has 1 aliphatic rings. The van der Waals surface area contributed by atoms with Gasteiger partial charge in [-0.05, 0) is 50.2 Å². The fourth-order valence-electron chi connectivity index (χ4n) is 2.73. The summed E-state index contributed by atoms with van der Waals surface area (Å²) in [6, 6.07) is 0. The first-order valence-corrected chi connectivity index (χ1v) is 8.45. The molecule has 0 N–H and O–H groups in total. The van der Waals surface area contributed by atoms with Crippen LogP contribution in [0.1, 0.15) is 44.9 Å². The van der Waals surface area contributed by atoms with Crippen LogP contribution in [0.2, 0.25) is 0 Å². The summed E-state index contributed by atoms with van der Waals surface area (Å²) >= 11 is 5.62. The van der Waals surface area contributed by atoms with Crippen molar-refractivity contribution in [2.24, 2.45) is 5.41 Å². The van der Waals surface area contributed by atoms with Gasteiger partial charge in [-0.25, -0.2) is 0 Å². The quantitative estimate of drug-likeness (QED) is 0.231.